The van der Waals surface area contributed by atoms with Crippen molar-refractivity contribution >= 4 is 21.6 Å². The minimum Gasteiger partial charge on any atom is -0.454 e. The van der Waals surface area contributed by atoms with Crippen LogP contribution in [0, 0.1) is 13.8 Å². The van der Waals surface area contributed by atoms with E-state index in [9.17, 15) is 13.2 Å². The number of aryl methyl sites for hydroxylation is 2. The van der Waals surface area contributed by atoms with Gasteiger partial charge in [0.2, 0.25) is 22.7 Å². The van der Waals surface area contributed by atoms with Crippen molar-refractivity contribution in [1.82, 2.24) is 5.32 Å². The molecule has 0 saturated carbocycles. The Kier molecular flexibility index (Phi) is 6.02. The fraction of sp³-hybridized carbons (Fsp3) is 0.381. The van der Waals surface area contributed by atoms with E-state index in [1.807, 2.05) is 32.9 Å². The van der Waals surface area contributed by atoms with Crippen LogP contribution in [-0.2, 0) is 14.8 Å². The fourth-order valence-electron chi connectivity index (χ4n) is 3.43. The number of rotatable bonds is 7. The van der Waals surface area contributed by atoms with Gasteiger partial charge in [0.05, 0.1) is 18.0 Å². The summed E-state index contributed by atoms with van der Waals surface area (Å²) in [6.07, 6.45) is 1.77. The van der Waals surface area contributed by atoms with Gasteiger partial charge in [0, 0.05) is 6.07 Å². The van der Waals surface area contributed by atoms with Crippen LogP contribution in [0.2, 0.25) is 0 Å². The van der Waals surface area contributed by atoms with Crippen molar-refractivity contribution < 1.29 is 22.7 Å². The Morgan fingerprint density at radius 2 is 1.86 bits per heavy atom. The number of nitrogens with zero attached hydrogens (tertiary/aromatic N) is 1. The van der Waals surface area contributed by atoms with E-state index >= 15 is 0 Å². The highest BCUT2D eigenvalue weighted by molar-refractivity contribution is 7.92. The summed E-state index contributed by atoms with van der Waals surface area (Å²) in [6.45, 7) is 5.78. The summed E-state index contributed by atoms with van der Waals surface area (Å²) in [4.78, 5) is 12.8. The maximum atomic E-state index is 12.8. The molecule has 7 nitrogen and oxygen atoms in total. The van der Waals surface area contributed by atoms with Gasteiger partial charge in [-0.3, -0.25) is 9.10 Å². The second kappa shape index (κ2) is 8.32. The highest BCUT2D eigenvalue weighted by atomic mass is 32.2. The van der Waals surface area contributed by atoms with Gasteiger partial charge in [0.1, 0.15) is 6.54 Å². The van der Waals surface area contributed by atoms with Crippen LogP contribution in [0.25, 0.3) is 0 Å². The molecule has 1 atom stereocenters. The quantitative estimate of drug-likeness (QED) is 0.747. The van der Waals surface area contributed by atoms with Gasteiger partial charge in [-0.1, -0.05) is 30.7 Å². The molecule has 0 bridgehead atoms. The number of ether oxygens (including phenoxy) is 2. The maximum absolute atomic E-state index is 12.8. The van der Waals surface area contributed by atoms with Gasteiger partial charge in [-0.05, 0) is 43.5 Å². The zero-order chi connectivity index (χ0) is 21.2. The van der Waals surface area contributed by atoms with Crippen molar-refractivity contribution in [3.05, 3.63) is 53.1 Å². The van der Waals surface area contributed by atoms with E-state index in [-0.39, 0.29) is 25.3 Å². The van der Waals surface area contributed by atoms with E-state index in [4.69, 9.17) is 9.47 Å². The average molecular weight is 419 g/mol. The topological polar surface area (TPSA) is 84.9 Å². The number of hydrogen-bond donors (Lipinski definition) is 1. The first-order valence-electron chi connectivity index (χ1n) is 9.43. The molecule has 0 aromatic heterocycles. The first-order chi connectivity index (χ1) is 13.7. The molecule has 8 heteroatoms. The van der Waals surface area contributed by atoms with Crippen molar-refractivity contribution in [1.29, 1.82) is 0 Å². The number of anilines is 1. The Morgan fingerprint density at radius 3 is 2.52 bits per heavy atom. The molecule has 2 aromatic rings. The minimum absolute atomic E-state index is 0.0895. The Hall–Kier alpha value is -2.74. The van der Waals surface area contributed by atoms with E-state index in [0.717, 1.165) is 27.3 Å². The van der Waals surface area contributed by atoms with Gasteiger partial charge >= 0.3 is 0 Å². The average Bonchev–Trinajstić information content (AvgIpc) is 3.11. The molecule has 0 spiro atoms. The lowest BCUT2D eigenvalue weighted by Gasteiger charge is -2.25. The van der Waals surface area contributed by atoms with Crippen LogP contribution >= 0.6 is 0 Å². The lowest BCUT2D eigenvalue weighted by Crippen LogP contribution is -2.41. The molecule has 0 fully saturated rings. The number of benzene rings is 2. The Balaban J connectivity index is 1.80. The summed E-state index contributed by atoms with van der Waals surface area (Å²) < 4.78 is 36.4. The molecule has 29 heavy (non-hydrogen) atoms. The highest BCUT2D eigenvalue weighted by Gasteiger charge is 2.25. The molecule has 1 aliphatic heterocycles. The molecule has 1 unspecified atom stereocenters. The minimum atomic E-state index is -3.68. The third-order valence-electron chi connectivity index (χ3n) is 4.88. The van der Waals surface area contributed by atoms with E-state index in [1.165, 1.54) is 0 Å². The van der Waals surface area contributed by atoms with Crippen LogP contribution in [0.4, 0.5) is 5.69 Å². The Bertz CT molecular complexity index is 1020. The Labute approximate surface area is 171 Å². The molecular formula is C21H26N2O5S. The summed E-state index contributed by atoms with van der Waals surface area (Å²) in [5, 5.41) is 2.97. The van der Waals surface area contributed by atoms with E-state index < -0.39 is 10.0 Å². The first kappa shape index (κ1) is 21.0. The first-order valence-corrected chi connectivity index (χ1v) is 11.3. The van der Waals surface area contributed by atoms with Crippen molar-refractivity contribution in [2.75, 3.05) is 23.9 Å². The second-order valence-corrected chi connectivity index (χ2v) is 9.10. The van der Waals surface area contributed by atoms with Crippen LogP contribution in [0.3, 0.4) is 0 Å². The molecule has 1 amide bonds. The standard InChI is InChI=1S/C21H26N2O5S/c1-5-18(17-8-6-14(2)10-15(17)3)22-21(24)12-23(29(4,25)26)16-7-9-19-20(11-16)28-13-27-19/h6-11,18H,5,12-13H2,1-4H3,(H,22,24). The monoisotopic (exact) mass is 418 g/mol. The van der Waals surface area contributed by atoms with Crippen molar-refractivity contribution in [3.63, 3.8) is 0 Å². The maximum Gasteiger partial charge on any atom is 0.241 e. The number of amides is 1. The summed E-state index contributed by atoms with van der Waals surface area (Å²) >= 11 is 0. The van der Waals surface area contributed by atoms with E-state index in [0.29, 0.717) is 23.6 Å². The zero-order valence-corrected chi connectivity index (χ0v) is 17.9. The van der Waals surface area contributed by atoms with Crippen molar-refractivity contribution in [2.45, 2.75) is 33.2 Å². The third-order valence-corrected chi connectivity index (χ3v) is 6.02. The molecule has 1 heterocycles. The third kappa shape index (κ3) is 4.82. The molecule has 0 saturated heterocycles. The fourth-order valence-corrected chi connectivity index (χ4v) is 4.28. The van der Waals surface area contributed by atoms with Crippen LogP contribution < -0.4 is 19.1 Å². The van der Waals surface area contributed by atoms with Gasteiger partial charge in [0.25, 0.3) is 0 Å². The number of hydrogen-bond acceptors (Lipinski definition) is 5. The molecule has 1 aliphatic rings. The lowest BCUT2D eigenvalue weighted by molar-refractivity contribution is -0.120. The highest BCUT2D eigenvalue weighted by Crippen LogP contribution is 2.36. The van der Waals surface area contributed by atoms with Crippen LogP contribution in [0.1, 0.15) is 36.1 Å². The lowest BCUT2D eigenvalue weighted by atomic mass is 9.97. The summed E-state index contributed by atoms with van der Waals surface area (Å²) in [5.74, 6) is 0.630. The molecular weight excluding hydrogens is 392 g/mol. The van der Waals surface area contributed by atoms with Crippen molar-refractivity contribution in [3.8, 4) is 11.5 Å². The normalized spacial score (nSPS) is 13.8. The SMILES string of the molecule is CCC(NC(=O)CN(c1ccc2c(c1)OCO2)S(C)(=O)=O)c1ccc(C)cc1C. The summed E-state index contributed by atoms with van der Waals surface area (Å²) in [5.41, 5.74) is 3.62. The van der Waals surface area contributed by atoms with Gasteiger partial charge in [-0.2, -0.15) is 0 Å². The Morgan fingerprint density at radius 1 is 1.14 bits per heavy atom. The molecule has 0 radical (unpaired) electrons. The summed E-state index contributed by atoms with van der Waals surface area (Å²) in [6, 6.07) is 10.7. The molecule has 1 N–H and O–H groups in total. The largest absolute Gasteiger partial charge is 0.454 e. The predicted octanol–water partition coefficient (Wildman–Crippen LogP) is 3.07. The predicted molar refractivity (Wildman–Crippen MR) is 112 cm³/mol. The van der Waals surface area contributed by atoms with Gasteiger partial charge < -0.3 is 14.8 Å². The number of sulfonamides is 1. The van der Waals surface area contributed by atoms with Crippen molar-refractivity contribution in [2.24, 2.45) is 0 Å². The molecule has 3 rings (SSSR count). The smallest absolute Gasteiger partial charge is 0.241 e. The van der Waals surface area contributed by atoms with Crippen LogP contribution in [-0.4, -0.2) is 33.9 Å². The van der Waals surface area contributed by atoms with Gasteiger partial charge in [-0.15, -0.1) is 0 Å². The van der Waals surface area contributed by atoms with E-state index in [2.05, 4.69) is 11.4 Å². The number of nitrogens with one attached hydrogen (secondary N) is 1. The van der Waals surface area contributed by atoms with Gasteiger partial charge in [0.15, 0.2) is 11.5 Å². The molecule has 156 valence electrons. The van der Waals surface area contributed by atoms with Crippen LogP contribution in [0.5, 0.6) is 11.5 Å². The molecule has 0 aliphatic carbocycles. The number of carbonyl (C=O) groups is 1. The number of fused-ring (bicyclic) bond motifs is 1. The van der Waals surface area contributed by atoms with Gasteiger partial charge in [-0.25, -0.2) is 8.42 Å². The van der Waals surface area contributed by atoms with E-state index in [1.54, 1.807) is 18.2 Å². The van der Waals surface area contributed by atoms with Crippen LogP contribution in [0.15, 0.2) is 36.4 Å². The number of carbonyl (C=O) groups excluding carboxylic acids is 1. The molecule has 2 aromatic carbocycles. The summed E-state index contributed by atoms with van der Waals surface area (Å²) in [7, 11) is -3.68. The zero-order valence-electron chi connectivity index (χ0n) is 17.1. The second-order valence-electron chi connectivity index (χ2n) is 7.20.